The van der Waals surface area contributed by atoms with Gasteiger partial charge >= 0.3 is 0 Å². The molecule has 0 aliphatic carbocycles. The first kappa shape index (κ1) is 15.1. The van der Waals surface area contributed by atoms with Gasteiger partial charge in [-0.25, -0.2) is 0 Å². The van der Waals surface area contributed by atoms with Gasteiger partial charge in [0, 0.05) is 27.2 Å². The molecule has 0 aliphatic rings. The summed E-state index contributed by atoms with van der Waals surface area (Å²) >= 11 is 5.18. The number of benzene rings is 2. The molecule has 0 heterocycles. The fourth-order valence-corrected chi connectivity index (χ4v) is 2.95. The number of carbonyl (C=O) groups is 1. The topological polar surface area (TPSA) is 29.1 Å². The largest absolute Gasteiger partial charge is 0.351 e. The van der Waals surface area contributed by atoms with Crippen LogP contribution in [0.4, 0.5) is 0 Å². The lowest BCUT2D eigenvalue weighted by Gasteiger charge is -2.08. The van der Waals surface area contributed by atoms with Crippen molar-refractivity contribution in [1.82, 2.24) is 5.32 Å². The van der Waals surface area contributed by atoms with Gasteiger partial charge in [0.2, 0.25) is 0 Å². The maximum atomic E-state index is 12.1. The maximum absolute atomic E-state index is 12.1. The second-order valence-electron chi connectivity index (χ2n) is 4.33. The number of nitrogens with one attached hydrogen (secondary N) is 1. The van der Waals surface area contributed by atoms with E-state index in [0.717, 1.165) is 21.4 Å². The van der Waals surface area contributed by atoms with Crippen LogP contribution >= 0.6 is 27.7 Å². The zero-order valence-corrected chi connectivity index (χ0v) is 13.6. The molecular weight excluding hydrogens is 334 g/mol. The minimum Gasteiger partial charge on any atom is -0.351 e. The van der Waals surface area contributed by atoms with Crippen LogP contribution in [0.1, 0.15) is 15.9 Å². The standard InChI is InChI=1S/C16H16BrNOS/c1-12-14(8-5-9-15(12)17)16(19)18-10-11-20-13-6-3-2-4-7-13/h2-9H,10-11H2,1H3,(H,18,19). The number of amides is 1. The Morgan fingerprint density at radius 1 is 1.15 bits per heavy atom. The minimum absolute atomic E-state index is 0.0162. The van der Waals surface area contributed by atoms with Crippen LogP contribution in [-0.4, -0.2) is 18.2 Å². The molecule has 2 aromatic carbocycles. The highest BCUT2D eigenvalue weighted by Crippen LogP contribution is 2.19. The average molecular weight is 350 g/mol. The van der Waals surface area contributed by atoms with Crippen molar-refractivity contribution in [1.29, 1.82) is 0 Å². The average Bonchev–Trinajstić information content (AvgIpc) is 2.47. The molecule has 1 amide bonds. The van der Waals surface area contributed by atoms with Gasteiger partial charge < -0.3 is 5.32 Å². The second kappa shape index (κ2) is 7.50. The van der Waals surface area contributed by atoms with Crippen molar-refractivity contribution in [2.45, 2.75) is 11.8 Å². The van der Waals surface area contributed by atoms with Gasteiger partial charge in [-0.2, -0.15) is 0 Å². The van der Waals surface area contributed by atoms with Crippen molar-refractivity contribution < 1.29 is 4.79 Å². The molecule has 0 aliphatic heterocycles. The van der Waals surface area contributed by atoms with Crippen molar-refractivity contribution in [3.8, 4) is 0 Å². The van der Waals surface area contributed by atoms with E-state index < -0.39 is 0 Å². The highest BCUT2D eigenvalue weighted by molar-refractivity contribution is 9.10. The van der Waals surface area contributed by atoms with Gasteiger partial charge in [0.15, 0.2) is 0 Å². The summed E-state index contributed by atoms with van der Waals surface area (Å²) in [6, 6.07) is 15.9. The van der Waals surface area contributed by atoms with E-state index in [1.807, 2.05) is 43.3 Å². The predicted octanol–water partition coefficient (Wildman–Crippen LogP) is 4.28. The first-order chi connectivity index (χ1) is 9.68. The van der Waals surface area contributed by atoms with Crippen molar-refractivity contribution in [2.24, 2.45) is 0 Å². The second-order valence-corrected chi connectivity index (χ2v) is 6.35. The van der Waals surface area contributed by atoms with Crippen LogP contribution in [0.5, 0.6) is 0 Å². The molecule has 104 valence electrons. The summed E-state index contributed by atoms with van der Waals surface area (Å²) in [6.07, 6.45) is 0. The van der Waals surface area contributed by atoms with E-state index in [4.69, 9.17) is 0 Å². The summed E-state index contributed by atoms with van der Waals surface area (Å²) in [7, 11) is 0. The number of hydrogen-bond acceptors (Lipinski definition) is 2. The minimum atomic E-state index is -0.0162. The van der Waals surface area contributed by atoms with Crippen molar-refractivity contribution >= 4 is 33.6 Å². The Labute approximate surface area is 132 Å². The third kappa shape index (κ3) is 4.12. The van der Waals surface area contributed by atoms with Gasteiger partial charge in [0.25, 0.3) is 5.91 Å². The normalized spacial score (nSPS) is 10.3. The Bertz CT molecular complexity index is 586. The summed E-state index contributed by atoms with van der Waals surface area (Å²) < 4.78 is 0.962. The third-order valence-electron chi connectivity index (χ3n) is 2.91. The molecule has 0 atom stereocenters. The number of hydrogen-bond donors (Lipinski definition) is 1. The van der Waals surface area contributed by atoms with E-state index in [9.17, 15) is 4.79 Å². The molecule has 0 unspecified atom stereocenters. The van der Waals surface area contributed by atoms with E-state index in [-0.39, 0.29) is 5.91 Å². The van der Waals surface area contributed by atoms with E-state index in [0.29, 0.717) is 6.54 Å². The van der Waals surface area contributed by atoms with Gasteiger partial charge in [-0.3, -0.25) is 4.79 Å². The highest BCUT2D eigenvalue weighted by Gasteiger charge is 2.09. The van der Waals surface area contributed by atoms with Gasteiger partial charge in [-0.15, -0.1) is 11.8 Å². The quantitative estimate of drug-likeness (QED) is 0.644. The fraction of sp³-hybridized carbons (Fsp3) is 0.188. The van der Waals surface area contributed by atoms with Crippen molar-refractivity contribution in [3.63, 3.8) is 0 Å². The molecule has 2 nitrogen and oxygen atoms in total. The third-order valence-corrected chi connectivity index (χ3v) is 4.78. The van der Waals surface area contributed by atoms with E-state index in [2.05, 4.69) is 33.4 Å². The maximum Gasteiger partial charge on any atom is 0.251 e. The lowest BCUT2D eigenvalue weighted by molar-refractivity contribution is 0.0955. The van der Waals surface area contributed by atoms with E-state index in [1.165, 1.54) is 4.90 Å². The number of thioether (sulfide) groups is 1. The number of halogens is 1. The Morgan fingerprint density at radius 3 is 2.65 bits per heavy atom. The first-order valence-electron chi connectivity index (χ1n) is 6.39. The van der Waals surface area contributed by atoms with Crippen LogP contribution in [0.2, 0.25) is 0 Å². The van der Waals surface area contributed by atoms with Gasteiger partial charge in [-0.05, 0) is 36.8 Å². The smallest absolute Gasteiger partial charge is 0.251 e. The lowest BCUT2D eigenvalue weighted by Crippen LogP contribution is -2.26. The molecule has 0 radical (unpaired) electrons. The molecular formula is C16H16BrNOS. The molecule has 20 heavy (non-hydrogen) atoms. The zero-order chi connectivity index (χ0) is 14.4. The number of carbonyl (C=O) groups excluding carboxylic acids is 1. The Kier molecular flexibility index (Phi) is 5.68. The molecule has 1 N–H and O–H groups in total. The lowest BCUT2D eigenvalue weighted by atomic mass is 10.1. The van der Waals surface area contributed by atoms with Crippen LogP contribution < -0.4 is 5.32 Å². The van der Waals surface area contributed by atoms with Gasteiger partial charge in [-0.1, -0.05) is 40.2 Å². The van der Waals surface area contributed by atoms with Gasteiger partial charge in [0.1, 0.15) is 0 Å². The van der Waals surface area contributed by atoms with Crippen molar-refractivity contribution in [3.05, 3.63) is 64.1 Å². The number of rotatable bonds is 5. The molecule has 2 aromatic rings. The summed E-state index contributed by atoms with van der Waals surface area (Å²) in [6.45, 7) is 2.60. The molecule has 0 aromatic heterocycles. The SMILES string of the molecule is Cc1c(Br)cccc1C(=O)NCCSc1ccccc1. The van der Waals surface area contributed by atoms with Crippen LogP contribution in [0.3, 0.4) is 0 Å². The fourth-order valence-electron chi connectivity index (χ4n) is 1.80. The molecule has 4 heteroatoms. The molecule has 0 saturated carbocycles. The zero-order valence-electron chi connectivity index (χ0n) is 11.2. The monoisotopic (exact) mass is 349 g/mol. The molecule has 0 fully saturated rings. The summed E-state index contributed by atoms with van der Waals surface area (Å²) in [5.74, 6) is 0.848. The van der Waals surface area contributed by atoms with Crippen LogP contribution in [0, 0.1) is 6.92 Å². The highest BCUT2D eigenvalue weighted by atomic mass is 79.9. The first-order valence-corrected chi connectivity index (χ1v) is 8.17. The molecule has 2 rings (SSSR count). The Balaban J connectivity index is 1.82. The molecule has 0 spiro atoms. The van der Waals surface area contributed by atoms with Crippen LogP contribution in [-0.2, 0) is 0 Å². The van der Waals surface area contributed by atoms with E-state index >= 15 is 0 Å². The Hall–Kier alpha value is -1.26. The van der Waals surface area contributed by atoms with Gasteiger partial charge in [0.05, 0.1) is 0 Å². The molecule has 0 bridgehead atoms. The summed E-state index contributed by atoms with van der Waals surface area (Å²) in [5, 5.41) is 2.96. The van der Waals surface area contributed by atoms with Crippen molar-refractivity contribution in [2.75, 3.05) is 12.3 Å². The Morgan fingerprint density at radius 2 is 1.90 bits per heavy atom. The molecule has 0 saturated heterocycles. The van der Waals surface area contributed by atoms with E-state index in [1.54, 1.807) is 11.8 Å². The summed E-state index contributed by atoms with van der Waals surface area (Å²) in [5.41, 5.74) is 1.70. The predicted molar refractivity (Wildman–Crippen MR) is 88.4 cm³/mol. The van der Waals surface area contributed by atoms with Crippen LogP contribution in [0.15, 0.2) is 57.9 Å². The van der Waals surface area contributed by atoms with Crippen LogP contribution in [0.25, 0.3) is 0 Å². The summed E-state index contributed by atoms with van der Waals surface area (Å²) in [4.78, 5) is 13.3.